The number of methoxy groups -OCH3 is 3. The smallest absolute Gasteiger partial charge is 0.337 e. The van der Waals surface area contributed by atoms with Crippen molar-refractivity contribution in [1.29, 1.82) is 0 Å². The van der Waals surface area contributed by atoms with Gasteiger partial charge in [0.25, 0.3) is 0 Å². The first-order valence-corrected chi connectivity index (χ1v) is 8.56. The summed E-state index contributed by atoms with van der Waals surface area (Å²) in [6, 6.07) is 2.45. The van der Waals surface area contributed by atoms with Crippen LogP contribution >= 0.6 is 15.9 Å². The van der Waals surface area contributed by atoms with Crippen molar-refractivity contribution in [1.82, 2.24) is 10.6 Å². The molecule has 2 N–H and O–H groups in total. The fourth-order valence-corrected chi connectivity index (χ4v) is 3.50. The first-order chi connectivity index (χ1) is 12.0. The molecule has 25 heavy (non-hydrogen) atoms. The van der Waals surface area contributed by atoms with E-state index in [1.807, 2.05) is 6.92 Å². The quantitative estimate of drug-likeness (QED) is 0.701. The molecule has 0 radical (unpaired) electrons. The Labute approximate surface area is 154 Å². The number of benzene rings is 1. The van der Waals surface area contributed by atoms with E-state index in [4.69, 9.17) is 14.2 Å². The van der Waals surface area contributed by atoms with E-state index in [2.05, 4.69) is 26.6 Å². The van der Waals surface area contributed by atoms with Gasteiger partial charge in [-0.2, -0.15) is 0 Å². The second-order valence-corrected chi connectivity index (χ2v) is 6.16. The molecule has 0 aliphatic carbocycles. The van der Waals surface area contributed by atoms with Gasteiger partial charge < -0.3 is 24.8 Å². The van der Waals surface area contributed by atoms with E-state index in [-0.39, 0.29) is 6.03 Å². The van der Waals surface area contributed by atoms with Gasteiger partial charge >= 0.3 is 12.0 Å². The Kier molecular flexibility index (Phi) is 6.30. The highest BCUT2D eigenvalue weighted by molar-refractivity contribution is 9.10. The zero-order valence-electron chi connectivity index (χ0n) is 14.6. The van der Waals surface area contributed by atoms with E-state index in [0.717, 1.165) is 6.42 Å². The molecule has 2 amide bonds. The van der Waals surface area contributed by atoms with Crippen LogP contribution in [-0.4, -0.2) is 33.3 Å². The number of carbonyl (C=O) groups excluding carboxylic acids is 2. The molecule has 1 aliphatic heterocycles. The number of amides is 2. The molecule has 0 bridgehead atoms. The van der Waals surface area contributed by atoms with Crippen LogP contribution in [0, 0.1) is 0 Å². The molecule has 0 saturated carbocycles. The molecule has 1 aromatic rings. The number of urea groups is 1. The number of rotatable bonds is 6. The molecule has 0 spiro atoms. The predicted molar refractivity (Wildman–Crippen MR) is 95.6 cm³/mol. The number of allylic oxidation sites excluding steroid dienone is 1. The van der Waals surface area contributed by atoms with Gasteiger partial charge in [0, 0.05) is 5.70 Å². The fraction of sp³-hybridized carbons (Fsp3) is 0.412. The highest BCUT2D eigenvalue weighted by Crippen LogP contribution is 2.42. The third-order valence-corrected chi connectivity index (χ3v) is 4.70. The third kappa shape index (κ3) is 3.73. The molecule has 7 nitrogen and oxygen atoms in total. The topological polar surface area (TPSA) is 85.9 Å². The molecule has 1 atom stereocenters. The van der Waals surface area contributed by atoms with Crippen LogP contribution in [0.15, 0.2) is 27.9 Å². The summed E-state index contributed by atoms with van der Waals surface area (Å²) < 4.78 is 16.2. The van der Waals surface area contributed by atoms with Crippen molar-refractivity contribution in [3.63, 3.8) is 0 Å². The lowest BCUT2D eigenvalue weighted by molar-refractivity contribution is -0.136. The van der Waals surface area contributed by atoms with Gasteiger partial charge in [-0.15, -0.1) is 0 Å². The van der Waals surface area contributed by atoms with E-state index in [1.54, 1.807) is 12.1 Å². The lowest BCUT2D eigenvalue weighted by Crippen LogP contribution is -2.46. The van der Waals surface area contributed by atoms with E-state index < -0.39 is 12.0 Å². The van der Waals surface area contributed by atoms with Crippen LogP contribution in [-0.2, 0) is 9.53 Å². The van der Waals surface area contributed by atoms with E-state index >= 15 is 0 Å². The van der Waals surface area contributed by atoms with Gasteiger partial charge in [0.1, 0.15) is 0 Å². The number of hydrogen-bond acceptors (Lipinski definition) is 5. The number of halogens is 1. The molecule has 0 saturated heterocycles. The highest BCUT2D eigenvalue weighted by atomic mass is 79.9. The molecular weight excluding hydrogens is 392 g/mol. The SMILES string of the molecule is CCCC1=C(C(=O)OC)C(c2ccc(OC)c(OC)c2Br)NC(=O)N1. The van der Waals surface area contributed by atoms with Crippen molar-refractivity contribution >= 4 is 27.9 Å². The number of hydrogen-bond donors (Lipinski definition) is 2. The first-order valence-electron chi connectivity index (χ1n) is 7.77. The molecule has 136 valence electrons. The molecule has 1 aliphatic rings. The lowest BCUT2D eigenvalue weighted by atomic mass is 9.93. The molecule has 2 rings (SSSR count). The largest absolute Gasteiger partial charge is 0.493 e. The summed E-state index contributed by atoms with van der Waals surface area (Å²) in [4.78, 5) is 24.5. The van der Waals surface area contributed by atoms with Crippen molar-refractivity contribution in [2.75, 3.05) is 21.3 Å². The van der Waals surface area contributed by atoms with Crippen LogP contribution in [0.4, 0.5) is 4.79 Å². The second kappa shape index (κ2) is 8.24. The zero-order chi connectivity index (χ0) is 18.6. The van der Waals surface area contributed by atoms with Crippen LogP contribution < -0.4 is 20.1 Å². The maximum atomic E-state index is 12.4. The third-order valence-electron chi connectivity index (χ3n) is 3.88. The summed E-state index contributed by atoms with van der Waals surface area (Å²) in [6.07, 6.45) is 1.33. The Morgan fingerprint density at radius 1 is 1.24 bits per heavy atom. The Hall–Kier alpha value is -2.22. The number of ether oxygens (including phenoxy) is 3. The second-order valence-electron chi connectivity index (χ2n) is 5.37. The molecule has 0 fully saturated rings. The molecular formula is C17H21BrN2O5. The molecule has 0 aromatic heterocycles. The number of esters is 1. The average Bonchev–Trinajstić information content (AvgIpc) is 2.60. The summed E-state index contributed by atoms with van der Waals surface area (Å²) in [6.45, 7) is 1.97. The minimum absolute atomic E-state index is 0.372. The van der Waals surface area contributed by atoms with E-state index in [9.17, 15) is 9.59 Å². The average molecular weight is 413 g/mol. The van der Waals surface area contributed by atoms with Crippen molar-refractivity contribution < 1.29 is 23.8 Å². The van der Waals surface area contributed by atoms with Gasteiger partial charge in [-0.1, -0.05) is 19.4 Å². The van der Waals surface area contributed by atoms with Gasteiger partial charge in [-0.05, 0) is 34.0 Å². The molecule has 1 aromatic carbocycles. The Bertz CT molecular complexity index is 717. The maximum absolute atomic E-state index is 12.4. The lowest BCUT2D eigenvalue weighted by Gasteiger charge is -2.30. The van der Waals surface area contributed by atoms with Crippen LogP contribution in [0.3, 0.4) is 0 Å². The Morgan fingerprint density at radius 2 is 1.96 bits per heavy atom. The van der Waals surface area contributed by atoms with E-state index in [1.165, 1.54) is 21.3 Å². The normalized spacial score (nSPS) is 16.8. The maximum Gasteiger partial charge on any atom is 0.337 e. The van der Waals surface area contributed by atoms with Crippen molar-refractivity contribution in [3.8, 4) is 11.5 Å². The van der Waals surface area contributed by atoms with Crippen LogP contribution in [0.5, 0.6) is 11.5 Å². The van der Waals surface area contributed by atoms with Gasteiger partial charge in [0.15, 0.2) is 11.5 Å². The Morgan fingerprint density at radius 3 is 2.52 bits per heavy atom. The summed E-state index contributed by atoms with van der Waals surface area (Å²) in [5, 5.41) is 5.49. The summed E-state index contributed by atoms with van der Waals surface area (Å²) in [5.74, 6) is 0.521. The van der Waals surface area contributed by atoms with Crippen molar-refractivity contribution in [3.05, 3.63) is 33.4 Å². The number of nitrogens with one attached hydrogen (secondary N) is 2. The van der Waals surface area contributed by atoms with Gasteiger partial charge in [0.2, 0.25) is 0 Å². The first kappa shape index (κ1) is 19.1. The zero-order valence-corrected chi connectivity index (χ0v) is 16.2. The minimum Gasteiger partial charge on any atom is -0.493 e. The molecule has 1 unspecified atom stereocenters. The van der Waals surface area contributed by atoms with Crippen molar-refractivity contribution in [2.24, 2.45) is 0 Å². The van der Waals surface area contributed by atoms with Crippen LogP contribution in [0.2, 0.25) is 0 Å². The standard InChI is InChI=1S/C17H21BrN2O5/c1-5-6-10-12(16(21)25-4)14(20-17(22)19-10)9-7-8-11(23-2)15(24-3)13(9)18/h7-8,14H,5-6H2,1-4H3,(H2,19,20,22). The van der Waals surface area contributed by atoms with E-state index in [0.29, 0.717) is 39.2 Å². The van der Waals surface area contributed by atoms with Crippen LogP contribution in [0.25, 0.3) is 0 Å². The van der Waals surface area contributed by atoms with Gasteiger partial charge in [-0.25, -0.2) is 9.59 Å². The highest BCUT2D eigenvalue weighted by Gasteiger charge is 2.35. The minimum atomic E-state index is -0.670. The van der Waals surface area contributed by atoms with Gasteiger partial charge in [-0.3, -0.25) is 0 Å². The molecule has 1 heterocycles. The van der Waals surface area contributed by atoms with Crippen molar-refractivity contribution in [2.45, 2.75) is 25.8 Å². The summed E-state index contributed by atoms with van der Waals surface area (Å²) in [7, 11) is 4.37. The van der Waals surface area contributed by atoms with Gasteiger partial charge in [0.05, 0.1) is 37.4 Å². The van der Waals surface area contributed by atoms with Crippen LogP contribution in [0.1, 0.15) is 31.4 Å². The monoisotopic (exact) mass is 412 g/mol. The summed E-state index contributed by atoms with van der Waals surface area (Å²) in [5.41, 5.74) is 1.60. The predicted octanol–water partition coefficient (Wildman–Crippen LogP) is 3.05. The summed E-state index contributed by atoms with van der Waals surface area (Å²) >= 11 is 3.49. The fourth-order valence-electron chi connectivity index (χ4n) is 2.78. The Balaban J connectivity index is 2.64. The molecule has 8 heteroatoms. The number of carbonyl (C=O) groups is 2.